The molecular weight excluding hydrogens is 216 g/mol. The molecule has 0 saturated carbocycles. The largest absolute Gasteiger partial charge is 0.396 e. The molecule has 1 heterocycles. The van der Waals surface area contributed by atoms with Gasteiger partial charge in [0.05, 0.1) is 5.69 Å². The zero-order chi connectivity index (χ0) is 11.3. The minimum absolute atomic E-state index is 0.140. The topological polar surface area (TPSA) is 97.1 Å². The minimum Gasteiger partial charge on any atom is -0.396 e. The Morgan fingerprint density at radius 3 is 2.87 bits per heavy atom. The lowest BCUT2D eigenvalue weighted by atomic mass is 10.4. The van der Waals surface area contributed by atoms with E-state index in [0.717, 1.165) is 6.42 Å². The Morgan fingerprint density at radius 2 is 2.27 bits per heavy atom. The summed E-state index contributed by atoms with van der Waals surface area (Å²) in [4.78, 5) is 3.82. The van der Waals surface area contributed by atoms with E-state index in [9.17, 15) is 8.42 Å². The summed E-state index contributed by atoms with van der Waals surface area (Å²) in [6, 6.07) is 3.21. The molecule has 1 rings (SSSR count). The van der Waals surface area contributed by atoms with E-state index in [1.807, 2.05) is 6.92 Å². The highest BCUT2D eigenvalue weighted by Crippen LogP contribution is 2.13. The number of nitrogen functional groups attached to an aromatic ring is 1. The molecule has 0 aliphatic rings. The van der Waals surface area contributed by atoms with Gasteiger partial charge in [-0.2, -0.15) is 13.1 Å². The van der Waals surface area contributed by atoms with E-state index < -0.39 is 10.2 Å². The van der Waals surface area contributed by atoms with Crippen LogP contribution < -0.4 is 15.2 Å². The Balaban J connectivity index is 2.74. The predicted octanol–water partition coefficient (Wildman–Crippen LogP) is 0.320. The second-order valence-corrected chi connectivity index (χ2v) is 4.44. The van der Waals surface area contributed by atoms with Crippen molar-refractivity contribution in [1.82, 2.24) is 9.71 Å². The maximum atomic E-state index is 11.4. The summed E-state index contributed by atoms with van der Waals surface area (Å²) in [5.41, 5.74) is 5.83. The Kier molecular flexibility index (Phi) is 3.87. The first-order chi connectivity index (χ1) is 7.05. The molecule has 0 fully saturated rings. The highest BCUT2D eigenvalue weighted by Gasteiger charge is 2.10. The lowest BCUT2D eigenvalue weighted by Crippen LogP contribution is -2.31. The van der Waals surface area contributed by atoms with E-state index in [0.29, 0.717) is 12.2 Å². The zero-order valence-electron chi connectivity index (χ0n) is 8.40. The van der Waals surface area contributed by atoms with Crippen LogP contribution in [0.1, 0.15) is 13.3 Å². The summed E-state index contributed by atoms with van der Waals surface area (Å²) in [5, 5.41) is 0. The van der Waals surface area contributed by atoms with Gasteiger partial charge in [0.1, 0.15) is 0 Å². The van der Waals surface area contributed by atoms with Crippen LogP contribution in [0.25, 0.3) is 0 Å². The number of aromatic nitrogens is 1. The fourth-order valence-electron chi connectivity index (χ4n) is 0.903. The van der Waals surface area contributed by atoms with E-state index >= 15 is 0 Å². The number of hydrogen-bond acceptors (Lipinski definition) is 4. The van der Waals surface area contributed by atoms with Gasteiger partial charge >= 0.3 is 0 Å². The van der Waals surface area contributed by atoms with Crippen LogP contribution in [0.4, 0.5) is 11.5 Å². The van der Waals surface area contributed by atoms with E-state index in [2.05, 4.69) is 14.4 Å². The second-order valence-electron chi connectivity index (χ2n) is 2.94. The van der Waals surface area contributed by atoms with E-state index in [1.54, 1.807) is 12.1 Å². The molecule has 1 aromatic heterocycles. The Labute approximate surface area is 89.1 Å². The summed E-state index contributed by atoms with van der Waals surface area (Å²) in [7, 11) is -3.56. The molecule has 0 atom stereocenters. The molecule has 6 nitrogen and oxygen atoms in total. The molecule has 0 spiro atoms. The van der Waals surface area contributed by atoms with Crippen molar-refractivity contribution in [2.45, 2.75) is 13.3 Å². The molecule has 1 aromatic rings. The molecule has 84 valence electrons. The van der Waals surface area contributed by atoms with Gasteiger partial charge in [-0.3, -0.25) is 4.72 Å². The van der Waals surface area contributed by atoms with Gasteiger partial charge in [0.2, 0.25) is 0 Å². The van der Waals surface area contributed by atoms with Gasteiger partial charge in [-0.25, -0.2) is 4.98 Å². The molecule has 15 heavy (non-hydrogen) atoms. The summed E-state index contributed by atoms with van der Waals surface area (Å²) in [6.07, 6.45) is 2.19. The molecule has 0 bridgehead atoms. The van der Waals surface area contributed by atoms with Crippen molar-refractivity contribution in [3.05, 3.63) is 18.3 Å². The number of pyridine rings is 1. The van der Waals surface area contributed by atoms with Gasteiger partial charge < -0.3 is 5.73 Å². The molecule has 0 amide bonds. The molecule has 0 aromatic carbocycles. The van der Waals surface area contributed by atoms with E-state index in [-0.39, 0.29) is 5.82 Å². The number of rotatable bonds is 5. The number of hydrogen-bond donors (Lipinski definition) is 3. The monoisotopic (exact) mass is 230 g/mol. The van der Waals surface area contributed by atoms with Crippen molar-refractivity contribution in [2.24, 2.45) is 0 Å². The molecule has 0 aliphatic heterocycles. The molecule has 7 heteroatoms. The summed E-state index contributed by atoms with van der Waals surface area (Å²) in [5.74, 6) is 0.140. The quantitative estimate of drug-likeness (QED) is 0.678. The Bertz CT molecular complexity index is 418. The standard InChI is InChI=1S/C8H14N4O2S/c1-2-5-11-15(13,14)12-8-7(9)4-3-6-10-8/h3-4,6,11H,2,5,9H2,1H3,(H,10,12). The minimum atomic E-state index is -3.56. The van der Waals surface area contributed by atoms with Crippen molar-refractivity contribution in [3.8, 4) is 0 Å². The van der Waals surface area contributed by atoms with Crippen molar-refractivity contribution in [1.29, 1.82) is 0 Å². The summed E-state index contributed by atoms with van der Waals surface area (Å²) >= 11 is 0. The van der Waals surface area contributed by atoms with Crippen LogP contribution in [0.2, 0.25) is 0 Å². The first kappa shape index (κ1) is 11.7. The normalized spacial score (nSPS) is 11.3. The maximum absolute atomic E-state index is 11.4. The first-order valence-electron chi connectivity index (χ1n) is 4.53. The van der Waals surface area contributed by atoms with Crippen LogP contribution in [-0.4, -0.2) is 19.9 Å². The van der Waals surface area contributed by atoms with Gasteiger partial charge in [-0.15, -0.1) is 0 Å². The SMILES string of the molecule is CCCNS(=O)(=O)Nc1ncccc1N. The molecule has 0 aliphatic carbocycles. The number of nitrogens with two attached hydrogens (primary N) is 1. The average molecular weight is 230 g/mol. The molecular formula is C8H14N4O2S. The van der Waals surface area contributed by atoms with Crippen LogP contribution in [0, 0.1) is 0 Å². The smallest absolute Gasteiger partial charge is 0.300 e. The van der Waals surface area contributed by atoms with Crippen LogP contribution in [0.3, 0.4) is 0 Å². The second kappa shape index (κ2) is 4.94. The molecule has 0 unspecified atom stereocenters. The van der Waals surface area contributed by atoms with Crippen molar-refractivity contribution in [2.75, 3.05) is 17.0 Å². The average Bonchev–Trinajstić information content (AvgIpc) is 2.18. The highest BCUT2D eigenvalue weighted by molar-refractivity contribution is 7.90. The predicted molar refractivity (Wildman–Crippen MR) is 59.5 cm³/mol. The molecule has 0 saturated heterocycles. The van der Waals surface area contributed by atoms with Crippen LogP contribution in [0.15, 0.2) is 18.3 Å². The van der Waals surface area contributed by atoms with Crippen LogP contribution in [-0.2, 0) is 10.2 Å². The van der Waals surface area contributed by atoms with Crippen LogP contribution >= 0.6 is 0 Å². The van der Waals surface area contributed by atoms with Gasteiger partial charge in [-0.1, -0.05) is 6.92 Å². The third kappa shape index (κ3) is 3.72. The van der Waals surface area contributed by atoms with Gasteiger partial charge in [0.15, 0.2) is 5.82 Å². The lowest BCUT2D eigenvalue weighted by Gasteiger charge is -2.08. The lowest BCUT2D eigenvalue weighted by molar-refractivity contribution is 0.586. The first-order valence-corrected chi connectivity index (χ1v) is 6.01. The summed E-state index contributed by atoms with van der Waals surface area (Å²) in [6.45, 7) is 2.25. The summed E-state index contributed by atoms with van der Waals surface area (Å²) < 4.78 is 27.4. The third-order valence-corrected chi connectivity index (χ3v) is 2.66. The van der Waals surface area contributed by atoms with Crippen LogP contribution in [0.5, 0.6) is 0 Å². The van der Waals surface area contributed by atoms with Gasteiger partial charge in [0.25, 0.3) is 10.2 Å². The molecule has 0 radical (unpaired) electrons. The van der Waals surface area contributed by atoms with Gasteiger partial charge in [0, 0.05) is 12.7 Å². The fraction of sp³-hybridized carbons (Fsp3) is 0.375. The Hall–Kier alpha value is -1.34. The Morgan fingerprint density at radius 1 is 1.53 bits per heavy atom. The van der Waals surface area contributed by atoms with Crippen molar-refractivity contribution >= 4 is 21.7 Å². The number of anilines is 2. The maximum Gasteiger partial charge on any atom is 0.300 e. The van der Waals surface area contributed by atoms with Crippen molar-refractivity contribution in [3.63, 3.8) is 0 Å². The number of nitrogens with one attached hydrogen (secondary N) is 2. The highest BCUT2D eigenvalue weighted by atomic mass is 32.2. The zero-order valence-corrected chi connectivity index (χ0v) is 9.21. The van der Waals surface area contributed by atoms with E-state index in [1.165, 1.54) is 6.20 Å². The van der Waals surface area contributed by atoms with E-state index in [4.69, 9.17) is 5.73 Å². The fourth-order valence-corrected chi connectivity index (χ4v) is 1.87. The third-order valence-electron chi connectivity index (χ3n) is 1.61. The van der Waals surface area contributed by atoms with Gasteiger partial charge in [-0.05, 0) is 18.6 Å². The van der Waals surface area contributed by atoms with Crippen molar-refractivity contribution < 1.29 is 8.42 Å². The number of nitrogens with zero attached hydrogens (tertiary/aromatic N) is 1. The molecule has 4 N–H and O–H groups in total.